The van der Waals surface area contributed by atoms with E-state index in [-0.39, 0.29) is 0 Å². The van der Waals surface area contributed by atoms with Gasteiger partial charge in [-0.3, -0.25) is 0 Å². The molecule has 0 radical (unpaired) electrons. The molecular formula is C66H111O4P. The van der Waals surface area contributed by atoms with Crippen LogP contribution in [0.2, 0.25) is 0 Å². The highest BCUT2D eigenvalue weighted by Gasteiger charge is 2.37. The lowest BCUT2D eigenvalue weighted by molar-refractivity contribution is 0.292. The van der Waals surface area contributed by atoms with Crippen LogP contribution in [0, 0.1) is 35.5 Å². The molecule has 0 aliphatic heterocycles. The van der Waals surface area contributed by atoms with E-state index < -0.39 is 7.82 Å². The standard InChI is InChI=1S/C66H111O4P/c1-13-25-34-52(19-7)46-58-40-31-43-64(61(58)49-55(22-10)37-28-16-4)68-71(67,69-65-44-32-41-59(47-53(20-8)35-26-14-2)62(65)50-56(23-11)38-29-17-5)70-66-45-33-42-60(48-54(21-9)36-27-15-3)63(66)51-57(24-12)39-30-18-6/h31-33,40-45,52-57H,13-30,34-39,46-51H2,1-12H3. The molecule has 0 fully saturated rings. The van der Waals surface area contributed by atoms with Gasteiger partial charge < -0.3 is 13.6 Å². The van der Waals surface area contributed by atoms with E-state index >= 15 is 4.57 Å². The first-order valence-electron chi connectivity index (χ1n) is 30.5. The maximum atomic E-state index is 16.7. The smallest absolute Gasteiger partial charge is 0.386 e. The van der Waals surface area contributed by atoms with Crippen molar-refractivity contribution < 1.29 is 18.1 Å². The molecule has 3 aromatic carbocycles. The van der Waals surface area contributed by atoms with Crippen molar-refractivity contribution in [2.45, 2.75) is 276 Å². The molecule has 6 unspecified atom stereocenters. The van der Waals surface area contributed by atoms with Gasteiger partial charge in [-0.25, -0.2) is 0 Å². The van der Waals surface area contributed by atoms with E-state index in [0.29, 0.717) is 52.8 Å². The van der Waals surface area contributed by atoms with Gasteiger partial charge in [0.1, 0.15) is 17.2 Å². The first-order valence-corrected chi connectivity index (χ1v) is 32.0. The normalized spacial score (nSPS) is 15.2. The van der Waals surface area contributed by atoms with Crippen LogP contribution >= 0.6 is 7.82 Å². The van der Waals surface area contributed by atoms with Crippen molar-refractivity contribution in [1.29, 1.82) is 0 Å². The molecule has 3 rings (SSSR count). The number of hydrogen-bond donors (Lipinski definition) is 0. The highest BCUT2D eigenvalue weighted by molar-refractivity contribution is 7.49. The summed E-state index contributed by atoms with van der Waals surface area (Å²) in [5.41, 5.74) is 7.57. The first kappa shape index (κ1) is 62.6. The largest absolute Gasteiger partial charge is 0.647 e. The first-order chi connectivity index (χ1) is 34.5. The summed E-state index contributed by atoms with van der Waals surface area (Å²) in [4.78, 5) is 0. The maximum absolute atomic E-state index is 16.7. The summed E-state index contributed by atoms with van der Waals surface area (Å²) in [7, 11) is -4.42. The molecule has 404 valence electrons. The molecule has 0 N–H and O–H groups in total. The van der Waals surface area contributed by atoms with E-state index in [9.17, 15) is 0 Å². The molecule has 5 heteroatoms. The Morgan fingerprint density at radius 1 is 0.324 bits per heavy atom. The topological polar surface area (TPSA) is 44.8 Å². The average Bonchev–Trinajstić information content (AvgIpc) is 3.38. The zero-order chi connectivity index (χ0) is 51.9. The second-order valence-corrected chi connectivity index (χ2v) is 23.6. The van der Waals surface area contributed by atoms with Gasteiger partial charge >= 0.3 is 7.82 Å². The van der Waals surface area contributed by atoms with Gasteiger partial charge in [0.05, 0.1) is 0 Å². The number of benzene rings is 3. The van der Waals surface area contributed by atoms with Gasteiger partial charge in [0, 0.05) is 0 Å². The third-order valence-corrected chi connectivity index (χ3v) is 17.8. The van der Waals surface area contributed by atoms with Crippen LogP contribution < -0.4 is 13.6 Å². The molecule has 0 heterocycles. The van der Waals surface area contributed by atoms with Gasteiger partial charge in [-0.2, -0.15) is 4.57 Å². The molecule has 0 spiro atoms. The predicted molar refractivity (Wildman–Crippen MR) is 311 cm³/mol. The molecule has 0 aromatic heterocycles. The lowest BCUT2D eigenvalue weighted by Gasteiger charge is -2.28. The van der Waals surface area contributed by atoms with Gasteiger partial charge in [0.25, 0.3) is 0 Å². The zero-order valence-electron chi connectivity index (χ0n) is 48.5. The number of phosphoric ester groups is 1. The Kier molecular flexibility index (Phi) is 32.0. The molecule has 0 aliphatic rings. The Hall–Kier alpha value is -2.71. The summed E-state index contributed by atoms with van der Waals surface area (Å²) in [6, 6.07) is 19.6. The summed E-state index contributed by atoms with van der Waals surface area (Å²) in [6.07, 6.45) is 34.0. The van der Waals surface area contributed by atoms with Crippen LogP contribution in [0.1, 0.15) is 271 Å². The highest BCUT2D eigenvalue weighted by atomic mass is 31.2. The van der Waals surface area contributed by atoms with E-state index in [1.807, 2.05) is 0 Å². The fourth-order valence-corrected chi connectivity index (χ4v) is 12.6. The number of phosphoric acid groups is 1. The van der Waals surface area contributed by atoms with E-state index in [2.05, 4.69) is 138 Å². The van der Waals surface area contributed by atoms with Gasteiger partial charge in [0.2, 0.25) is 0 Å². The van der Waals surface area contributed by atoms with Crippen molar-refractivity contribution in [2.75, 3.05) is 0 Å². The number of unbranched alkanes of at least 4 members (excludes halogenated alkanes) is 6. The monoisotopic (exact) mass is 999 g/mol. The maximum Gasteiger partial charge on any atom is 0.647 e. The molecule has 4 nitrogen and oxygen atoms in total. The minimum atomic E-state index is -4.42. The SMILES string of the molecule is CCCCC(CC)Cc1cccc(OP(=O)(Oc2cccc(CC(CC)CCCC)c2CC(CC)CCCC)Oc2cccc(CC(CC)CCCC)c2CC(CC)CCCC)c1CC(CC)CCCC. The molecule has 0 aliphatic carbocycles. The quantitative estimate of drug-likeness (QED) is 0.0531. The molecule has 6 atom stereocenters. The summed E-state index contributed by atoms with van der Waals surface area (Å²) >= 11 is 0. The van der Waals surface area contributed by atoms with Crippen LogP contribution in [-0.4, -0.2) is 0 Å². The third-order valence-electron chi connectivity index (χ3n) is 16.6. The van der Waals surface area contributed by atoms with Crippen molar-refractivity contribution >= 4 is 7.82 Å². The van der Waals surface area contributed by atoms with E-state index in [1.54, 1.807) is 0 Å². The molecule has 3 aromatic rings. The molecule has 0 bridgehead atoms. The van der Waals surface area contributed by atoms with Crippen LogP contribution in [0.5, 0.6) is 17.2 Å². The Morgan fingerprint density at radius 3 is 0.732 bits per heavy atom. The average molecular weight is 1000 g/mol. The number of hydrogen-bond acceptors (Lipinski definition) is 4. The van der Waals surface area contributed by atoms with Crippen molar-refractivity contribution in [3.8, 4) is 17.2 Å². The molecule has 0 saturated heterocycles. The minimum absolute atomic E-state index is 0.503. The summed E-state index contributed by atoms with van der Waals surface area (Å²) in [5.74, 6) is 5.27. The van der Waals surface area contributed by atoms with Crippen LogP contribution in [-0.2, 0) is 43.1 Å². The second kappa shape index (κ2) is 36.3. The van der Waals surface area contributed by atoms with Crippen LogP contribution in [0.4, 0.5) is 0 Å². The Balaban J connectivity index is 2.43. The predicted octanol–water partition coefficient (Wildman–Crippen LogP) is 21.9. The Labute approximate surface area is 440 Å². The van der Waals surface area contributed by atoms with Crippen LogP contribution in [0.3, 0.4) is 0 Å². The Morgan fingerprint density at radius 2 is 0.535 bits per heavy atom. The fourth-order valence-electron chi connectivity index (χ4n) is 11.2. The second-order valence-electron chi connectivity index (χ2n) is 22.1. The summed E-state index contributed by atoms with van der Waals surface area (Å²) in [5, 5.41) is 0. The molecule has 0 saturated carbocycles. The lowest BCUT2D eigenvalue weighted by atomic mass is 9.85. The van der Waals surface area contributed by atoms with Crippen molar-refractivity contribution in [3.63, 3.8) is 0 Å². The summed E-state index contributed by atoms with van der Waals surface area (Å²) < 4.78 is 38.4. The molecular weight excluding hydrogens is 888 g/mol. The van der Waals surface area contributed by atoms with Crippen molar-refractivity contribution in [2.24, 2.45) is 35.5 Å². The van der Waals surface area contributed by atoms with E-state index in [4.69, 9.17) is 13.6 Å². The molecule has 71 heavy (non-hydrogen) atoms. The highest BCUT2D eigenvalue weighted by Crippen LogP contribution is 2.54. The lowest BCUT2D eigenvalue weighted by Crippen LogP contribution is -2.16. The van der Waals surface area contributed by atoms with Gasteiger partial charge in [0.15, 0.2) is 0 Å². The third kappa shape index (κ3) is 22.0. The van der Waals surface area contributed by atoms with Gasteiger partial charge in [-0.05, 0) is 126 Å². The summed E-state index contributed by atoms with van der Waals surface area (Å²) in [6.45, 7) is 27.9. The van der Waals surface area contributed by atoms with E-state index in [0.717, 1.165) is 77.0 Å². The van der Waals surface area contributed by atoms with Crippen LogP contribution in [0.15, 0.2) is 54.6 Å². The number of rotatable bonds is 42. The van der Waals surface area contributed by atoms with Crippen LogP contribution in [0.25, 0.3) is 0 Å². The van der Waals surface area contributed by atoms with Crippen molar-refractivity contribution in [1.82, 2.24) is 0 Å². The minimum Gasteiger partial charge on any atom is -0.386 e. The van der Waals surface area contributed by atoms with E-state index in [1.165, 1.54) is 149 Å². The zero-order valence-corrected chi connectivity index (χ0v) is 49.3. The fraction of sp³-hybridized carbons (Fsp3) is 0.727. The van der Waals surface area contributed by atoms with Gasteiger partial charge in [-0.1, -0.05) is 274 Å². The Bertz CT molecular complexity index is 1670. The van der Waals surface area contributed by atoms with Gasteiger partial charge in [-0.15, -0.1) is 0 Å². The molecule has 0 amide bonds. The van der Waals surface area contributed by atoms with Crippen molar-refractivity contribution in [3.05, 3.63) is 88.0 Å².